The van der Waals surface area contributed by atoms with E-state index in [-0.39, 0.29) is 25.9 Å². The van der Waals surface area contributed by atoms with Gasteiger partial charge in [0.05, 0.1) is 33.3 Å². The number of carbonyl (C=O) groups excluding carboxylic acids is 3. The number of unbranched alkanes of at least 4 members (excludes halogenated alkanes) is 1. The van der Waals surface area contributed by atoms with Gasteiger partial charge in [0.1, 0.15) is 12.1 Å². The van der Waals surface area contributed by atoms with Gasteiger partial charge in [-0.1, -0.05) is 36.9 Å². The fourth-order valence-corrected chi connectivity index (χ4v) is 4.55. The Morgan fingerprint density at radius 3 is 2.72 bits per heavy atom. The molecule has 0 unspecified atom stereocenters. The monoisotopic (exact) mass is 505 g/mol. The molecule has 0 bridgehead atoms. The number of hydrogen-bond acceptors (Lipinski definition) is 6. The number of likely N-dealkylation sites (tertiary alicyclic amines) is 1. The lowest BCUT2D eigenvalue weighted by molar-refractivity contribution is -0.150. The number of halogens is 2. The van der Waals surface area contributed by atoms with E-state index >= 15 is 0 Å². The number of allylic oxidation sites excluding steroid dienone is 1. The molecule has 2 aliphatic heterocycles. The van der Waals surface area contributed by atoms with Crippen LogP contribution in [0.3, 0.4) is 0 Å². The minimum absolute atomic E-state index is 0.0273. The number of esters is 1. The molecular formula is C26H33F2N3O5. The van der Waals surface area contributed by atoms with Crippen molar-refractivity contribution in [2.75, 3.05) is 26.7 Å². The lowest BCUT2D eigenvalue weighted by atomic mass is 10.0. The third-order valence-electron chi connectivity index (χ3n) is 6.43. The molecule has 1 fully saturated rings. The van der Waals surface area contributed by atoms with Gasteiger partial charge in [-0.15, -0.1) is 6.58 Å². The zero-order valence-electron chi connectivity index (χ0n) is 20.5. The first-order chi connectivity index (χ1) is 17.2. The van der Waals surface area contributed by atoms with Gasteiger partial charge in [-0.2, -0.15) is 0 Å². The van der Waals surface area contributed by atoms with Crippen LogP contribution in [0.1, 0.15) is 42.4 Å². The van der Waals surface area contributed by atoms with E-state index in [1.807, 2.05) is 18.2 Å². The Hall–Kier alpha value is -3.27. The third kappa shape index (κ3) is 6.69. The highest BCUT2D eigenvalue weighted by Crippen LogP contribution is 2.29. The SMILES string of the molecule is C=CCCCC(F)(F)CNCC(=O)N1C[C@H](OC(=O)N2Cc3cccc(C=C)c3C2)C[C@H]1C(=O)OC. The van der Waals surface area contributed by atoms with Crippen molar-refractivity contribution in [3.63, 3.8) is 0 Å². The van der Waals surface area contributed by atoms with Crippen molar-refractivity contribution in [3.05, 3.63) is 54.1 Å². The normalized spacial score (nSPS) is 19.1. The highest BCUT2D eigenvalue weighted by molar-refractivity contribution is 5.86. The zero-order chi connectivity index (χ0) is 26.3. The average Bonchev–Trinajstić information content (AvgIpc) is 3.48. The lowest BCUT2D eigenvalue weighted by Crippen LogP contribution is -2.46. The van der Waals surface area contributed by atoms with Gasteiger partial charge in [-0.05, 0) is 29.5 Å². The summed E-state index contributed by atoms with van der Waals surface area (Å²) >= 11 is 0. The molecule has 1 aromatic rings. The third-order valence-corrected chi connectivity index (χ3v) is 6.43. The van der Waals surface area contributed by atoms with Crippen LogP contribution in [0.2, 0.25) is 0 Å². The van der Waals surface area contributed by atoms with Crippen LogP contribution >= 0.6 is 0 Å². The van der Waals surface area contributed by atoms with Gasteiger partial charge in [0.25, 0.3) is 5.92 Å². The molecule has 0 spiro atoms. The molecule has 2 atom stereocenters. The number of carbonyl (C=O) groups is 3. The molecular weight excluding hydrogens is 472 g/mol. The maximum absolute atomic E-state index is 14.0. The first-order valence-corrected chi connectivity index (χ1v) is 11.9. The fourth-order valence-electron chi connectivity index (χ4n) is 4.55. The van der Waals surface area contributed by atoms with Crippen LogP contribution in [0.25, 0.3) is 6.08 Å². The summed E-state index contributed by atoms with van der Waals surface area (Å²) in [6, 6.07) is 4.80. The number of nitrogens with one attached hydrogen (secondary N) is 1. The molecule has 1 saturated heterocycles. The average molecular weight is 506 g/mol. The van der Waals surface area contributed by atoms with E-state index in [1.165, 1.54) is 12.0 Å². The van der Waals surface area contributed by atoms with Gasteiger partial charge in [0, 0.05) is 19.4 Å². The van der Waals surface area contributed by atoms with Crippen LogP contribution in [-0.4, -0.2) is 72.6 Å². The highest BCUT2D eigenvalue weighted by Gasteiger charge is 2.43. The molecule has 36 heavy (non-hydrogen) atoms. The summed E-state index contributed by atoms with van der Waals surface area (Å²) in [7, 11) is 1.20. The number of benzene rings is 1. The number of ether oxygens (including phenoxy) is 2. The van der Waals surface area contributed by atoms with E-state index in [0.29, 0.717) is 25.9 Å². The molecule has 1 aromatic carbocycles. The van der Waals surface area contributed by atoms with E-state index in [0.717, 1.165) is 16.7 Å². The van der Waals surface area contributed by atoms with Crippen LogP contribution in [0.15, 0.2) is 37.4 Å². The number of rotatable bonds is 11. The molecule has 2 amide bonds. The molecule has 2 aliphatic rings. The second kappa shape index (κ2) is 12.1. The Bertz CT molecular complexity index is 1000. The van der Waals surface area contributed by atoms with E-state index in [4.69, 9.17) is 9.47 Å². The first kappa shape index (κ1) is 27.3. The molecule has 2 heterocycles. The maximum Gasteiger partial charge on any atom is 0.410 e. The standard InChI is InChI=1S/C26H33F2N3O5/c1-4-6-7-11-26(27,28)17-29-13-23(32)31-15-20(12-22(31)24(33)35-3)36-25(34)30-14-19-10-8-9-18(5-2)21(19)16-30/h4-5,8-10,20,22,29H,1-2,6-7,11-17H2,3H3/t20-,22+/m1/s1. The Labute approximate surface area is 209 Å². The molecule has 0 radical (unpaired) electrons. The predicted octanol–water partition coefficient (Wildman–Crippen LogP) is 3.51. The molecule has 3 rings (SSSR count). The summed E-state index contributed by atoms with van der Waals surface area (Å²) in [5.74, 6) is -4.16. The second-order valence-corrected chi connectivity index (χ2v) is 9.01. The van der Waals surface area contributed by atoms with Gasteiger partial charge in [0.2, 0.25) is 5.91 Å². The van der Waals surface area contributed by atoms with E-state index < -0.39 is 42.6 Å². The first-order valence-electron chi connectivity index (χ1n) is 11.9. The summed E-state index contributed by atoms with van der Waals surface area (Å²) in [5.41, 5.74) is 2.96. The van der Waals surface area contributed by atoms with Crippen molar-refractivity contribution in [2.45, 2.75) is 56.8 Å². The van der Waals surface area contributed by atoms with Crippen molar-refractivity contribution in [3.8, 4) is 0 Å². The topological polar surface area (TPSA) is 88.2 Å². The van der Waals surface area contributed by atoms with E-state index in [1.54, 1.807) is 17.1 Å². The van der Waals surface area contributed by atoms with Crippen LogP contribution < -0.4 is 5.32 Å². The summed E-state index contributed by atoms with van der Waals surface area (Å²) in [6.45, 7) is 7.01. The molecule has 0 saturated carbocycles. The summed E-state index contributed by atoms with van der Waals surface area (Å²) in [5, 5.41) is 2.48. The minimum atomic E-state index is -2.97. The van der Waals surface area contributed by atoms with Gasteiger partial charge < -0.3 is 19.7 Å². The van der Waals surface area contributed by atoms with Crippen LogP contribution in [-0.2, 0) is 32.2 Å². The van der Waals surface area contributed by atoms with E-state index in [9.17, 15) is 23.2 Å². The Morgan fingerprint density at radius 2 is 2.03 bits per heavy atom. The summed E-state index contributed by atoms with van der Waals surface area (Å²) in [6.07, 6.45) is 2.57. The highest BCUT2D eigenvalue weighted by atomic mass is 19.3. The second-order valence-electron chi connectivity index (χ2n) is 9.01. The number of alkyl halides is 2. The molecule has 0 aromatic heterocycles. The largest absolute Gasteiger partial charge is 0.467 e. The number of nitrogens with zero attached hydrogens (tertiary/aromatic N) is 2. The van der Waals surface area contributed by atoms with Gasteiger partial charge >= 0.3 is 12.1 Å². The Kier molecular flexibility index (Phi) is 9.19. The quantitative estimate of drug-likeness (QED) is 0.281. The molecule has 196 valence electrons. The predicted molar refractivity (Wildman–Crippen MR) is 130 cm³/mol. The Morgan fingerprint density at radius 1 is 1.25 bits per heavy atom. The van der Waals surface area contributed by atoms with Crippen molar-refractivity contribution in [1.29, 1.82) is 0 Å². The van der Waals surface area contributed by atoms with Crippen molar-refractivity contribution in [2.24, 2.45) is 0 Å². The van der Waals surface area contributed by atoms with Crippen molar-refractivity contribution < 1.29 is 32.6 Å². The smallest absolute Gasteiger partial charge is 0.410 e. The van der Waals surface area contributed by atoms with Crippen LogP contribution in [0.4, 0.5) is 13.6 Å². The molecule has 10 heteroatoms. The van der Waals surface area contributed by atoms with Crippen LogP contribution in [0, 0.1) is 0 Å². The Balaban J connectivity index is 1.55. The van der Waals surface area contributed by atoms with Gasteiger partial charge in [-0.3, -0.25) is 9.69 Å². The number of fused-ring (bicyclic) bond motifs is 1. The molecule has 0 aliphatic carbocycles. The zero-order valence-corrected chi connectivity index (χ0v) is 20.5. The number of amides is 2. The fraction of sp³-hybridized carbons (Fsp3) is 0.500. The molecule has 1 N–H and O–H groups in total. The number of methoxy groups -OCH3 is 1. The number of hydrogen-bond donors (Lipinski definition) is 1. The van der Waals surface area contributed by atoms with Crippen molar-refractivity contribution in [1.82, 2.24) is 15.1 Å². The van der Waals surface area contributed by atoms with E-state index in [2.05, 4.69) is 18.5 Å². The molecule has 8 nitrogen and oxygen atoms in total. The maximum atomic E-state index is 14.0. The van der Waals surface area contributed by atoms with Crippen molar-refractivity contribution >= 4 is 24.0 Å². The minimum Gasteiger partial charge on any atom is -0.467 e. The lowest BCUT2D eigenvalue weighted by Gasteiger charge is -2.23. The van der Waals surface area contributed by atoms with Gasteiger partial charge in [0.15, 0.2) is 0 Å². The summed E-state index contributed by atoms with van der Waals surface area (Å²) in [4.78, 5) is 40.7. The van der Waals surface area contributed by atoms with Crippen LogP contribution in [0.5, 0.6) is 0 Å². The summed E-state index contributed by atoms with van der Waals surface area (Å²) < 4.78 is 38.4. The van der Waals surface area contributed by atoms with Gasteiger partial charge in [-0.25, -0.2) is 18.4 Å².